The Kier molecular flexibility index (Phi) is 4.77. The predicted octanol–water partition coefficient (Wildman–Crippen LogP) is 2.86. The van der Waals surface area contributed by atoms with Crippen LogP contribution in [-0.4, -0.2) is 23.4 Å². The average Bonchev–Trinajstić information content (AvgIpc) is 2.66. The highest BCUT2D eigenvalue weighted by Crippen LogP contribution is 2.20. The number of thiophene rings is 1. The third kappa shape index (κ3) is 3.93. The Bertz CT molecular complexity index is 267. The van der Waals surface area contributed by atoms with E-state index in [4.69, 9.17) is 4.74 Å². The van der Waals surface area contributed by atoms with E-state index in [1.54, 1.807) is 11.3 Å². The second-order valence-corrected chi connectivity index (χ2v) is 5.20. The zero-order chi connectivity index (χ0) is 11.3. The lowest BCUT2D eigenvalue weighted by atomic mass is 9.97. The second-order valence-electron chi connectivity index (χ2n) is 4.17. The highest BCUT2D eigenvalue weighted by Gasteiger charge is 2.27. The minimum Gasteiger partial charge on any atom is -0.390 e. The molecule has 1 N–H and O–H groups in total. The standard InChI is InChI=1S/C12H20O2S/c1-4-14-12(2,3)11(13)8-7-10-6-5-9-15-10/h5-6,9,11,13H,4,7-8H2,1-3H3. The van der Waals surface area contributed by atoms with Gasteiger partial charge in [0.25, 0.3) is 0 Å². The first kappa shape index (κ1) is 12.7. The van der Waals surface area contributed by atoms with Gasteiger partial charge in [0.2, 0.25) is 0 Å². The van der Waals surface area contributed by atoms with Crippen molar-refractivity contribution in [3.63, 3.8) is 0 Å². The summed E-state index contributed by atoms with van der Waals surface area (Å²) in [7, 11) is 0. The van der Waals surface area contributed by atoms with E-state index < -0.39 is 11.7 Å². The quantitative estimate of drug-likeness (QED) is 0.811. The smallest absolute Gasteiger partial charge is 0.0884 e. The Morgan fingerprint density at radius 1 is 1.53 bits per heavy atom. The van der Waals surface area contributed by atoms with Crippen molar-refractivity contribution in [2.75, 3.05) is 6.61 Å². The Hall–Kier alpha value is -0.380. The molecular formula is C12H20O2S. The van der Waals surface area contributed by atoms with Crippen molar-refractivity contribution in [1.82, 2.24) is 0 Å². The van der Waals surface area contributed by atoms with Crippen molar-refractivity contribution in [2.24, 2.45) is 0 Å². The van der Waals surface area contributed by atoms with Crippen LogP contribution in [0.2, 0.25) is 0 Å². The van der Waals surface area contributed by atoms with Crippen molar-refractivity contribution in [1.29, 1.82) is 0 Å². The molecule has 1 heterocycles. The highest BCUT2D eigenvalue weighted by molar-refractivity contribution is 7.09. The molecule has 0 bridgehead atoms. The van der Waals surface area contributed by atoms with Crippen molar-refractivity contribution < 1.29 is 9.84 Å². The van der Waals surface area contributed by atoms with Crippen LogP contribution in [0, 0.1) is 0 Å². The van der Waals surface area contributed by atoms with Crippen LogP contribution >= 0.6 is 11.3 Å². The molecule has 0 radical (unpaired) electrons. The Morgan fingerprint density at radius 2 is 2.27 bits per heavy atom. The fourth-order valence-electron chi connectivity index (χ4n) is 1.55. The summed E-state index contributed by atoms with van der Waals surface area (Å²) in [5.74, 6) is 0. The zero-order valence-electron chi connectivity index (χ0n) is 9.69. The monoisotopic (exact) mass is 228 g/mol. The van der Waals surface area contributed by atoms with E-state index in [1.807, 2.05) is 26.8 Å². The molecule has 0 amide bonds. The first-order valence-corrected chi connectivity index (χ1v) is 6.28. The van der Waals surface area contributed by atoms with E-state index in [2.05, 4.69) is 11.4 Å². The minimum absolute atomic E-state index is 0.403. The average molecular weight is 228 g/mol. The molecule has 1 atom stereocenters. The number of aliphatic hydroxyl groups excluding tert-OH is 1. The molecule has 0 aromatic carbocycles. The number of hydrogen-bond donors (Lipinski definition) is 1. The van der Waals surface area contributed by atoms with Gasteiger partial charge in [-0.15, -0.1) is 11.3 Å². The summed E-state index contributed by atoms with van der Waals surface area (Å²) < 4.78 is 5.51. The number of ether oxygens (including phenoxy) is 1. The normalized spacial score (nSPS) is 14.1. The van der Waals surface area contributed by atoms with Gasteiger partial charge < -0.3 is 9.84 Å². The van der Waals surface area contributed by atoms with Gasteiger partial charge in [0.1, 0.15) is 0 Å². The van der Waals surface area contributed by atoms with Crippen molar-refractivity contribution in [2.45, 2.75) is 45.3 Å². The highest BCUT2D eigenvalue weighted by atomic mass is 32.1. The summed E-state index contributed by atoms with van der Waals surface area (Å²) in [6.45, 7) is 6.47. The lowest BCUT2D eigenvalue weighted by molar-refractivity contribution is -0.0983. The second kappa shape index (κ2) is 5.64. The van der Waals surface area contributed by atoms with E-state index in [0.717, 1.165) is 12.8 Å². The summed E-state index contributed by atoms with van der Waals surface area (Å²) in [6.07, 6.45) is 1.28. The van der Waals surface area contributed by atoms with Crippen molar-refractivity contribution in [3.05, 3.63) is 22.4 Å². The number of aryl methyl sites for hydroxylation is 1. The van der Waals surface area contributed by atoms with Crippen LogP contribution in [0.5, 0.6) is 0 Å². The molecule has 86 valence electrons. The molecule has 1 aromatic heterocycles. The van der Waals surface area contributed by atoms with E-state index in [1.165, 1.54) is 4.88 Å². The van der Waals surface area contributed by atoms with Gasteiger partial charge in [-0.05, 0) is 45.1 Å². The van der Waals surface area contributed by atoms with Gasteiger partial charge in [0, 0.05) is 11.5 Å². The summed E-state index contributed by atoms with van der Waals surface area (Å²) in [5, 5.41) is 12.1. The number of aliphatic hydroxyl groups is 1. The maximum Gasteiger partial charge on any atom is 0.0884 e. The van der Waals surface area contributed by atoms with E-state index in [0.29, 0.717) is 6.61 Å². The summed E-state index contributed by atoms with van der Waals surface area (Å²) >= 11 is 1.74. The van der Waals surface area contributed by atoms with Crippen LogP contribution in [0.15, 0.2) is 17.5 Å². The van der Waals surface area contributed by atoms with Gasteiger partial charge in [0.15, 0.2) is 0 Å². The Labute approximate surface area is 95.9 Å². The summed E-state index contributed by atoms with van der Waals surface area (Å²) in [6, 6.07) is 4.14. The van der Waals surface area contributed by atoms with Crippen LogP contribution in [0.3, 0.4) is 0 Å². The predicted molar refractivity (Wildman–Crippen MR) is 64.4 cm³/mol. The SMILES string of the molecule is CCOC(C)(C)C(O)CCc1cccs1. The van der Waals surface area contributed by atoms with Crippen LogP contribution in [0.1, 0.15) is 32.1 Å². The van der Waals surface area contributed by atoms with Gasteiger partial charge in [-0.1, -0.05) is 6.07 Å². The van der Waals surface area contributed by atoms with E-state index >= 15 is 0 Å². The molecule has 1 aromatic rings. The first-order chi connectivity index (χ1) is 7.06. The van der Waals surface area contributed by atoms with Crippen molar-refractivity contribution >= 4 is 11.3 Å². The third-order valence-corrected chi connectivity index (χ3v) is 3.50. The van der Waals surface area contributed by atoms with E-state index in [9.17, 15) is 5.11 Å². The fourth-order valence-corrected chi connectivity index (χ4v) is 2.27. The molecule has 0 fully saturated rings. The molecule has 0 aliphatic rings. The summed E-state index contributed by atoms with van der Waals surface area (Å²) in [5.41, 5.74) is -0.438. The van der Waals surface area contributed by atoms with Gasteiger partial charge in [0.05, 0.1) is 11.7 Å². The van der Waals surface area contributed by atoms with Gasteiger partial charge in [-0.3, -0.25) is 0 Å². The van der Waals surface area contributed by atoms with Gasteiger partial charge in [-0.25, -0.2) is 0 Å². The maximum absolute atomic E-state index is 9.99. The molecule has 15 heavy (non-hydrogen) atoms. The largest absolute Gasteiger partial charge is 0.390 e. The molecule has 0 saturated carbocycles. The molecule has 1 rings (SSSR count). The van der Waals surface area contributed by atoms with Crippen molar-refractivity contribution in [3.8, 4) is 0 Å². The maximum atomic E-state index is 9.99. The van der Waals surface area contributed by atoms with E-state index in [-0.39, 0.29) is 0 Å². The minimum atomic E-state index is -0.438. The third-order valence-electron chi connectivity index (χ3n) is 2.56. The molecular weight excluding hydrogens is 208 g/mol. The first-order valence-electron chi connectivity index (χ1n) is 5.40. The number of rotatable bonds is 6. The zero-order valence-corrected chi connectivity index (χ0v) is 10.5. The van der Waals surface area contributed by atoms with Gasteiger partial charge >= 0.3 is 0 Å². The Balaban J connectivity index is 2.38. The molecule has 1 unspecified atom stereocenters. The molecule has 0 saturated heterocycles. The topological polar surface area (TPSA) is 29.5 Å². The molecule has 3 heteroatoms. The summed E-state index contributed by atoms with van der Waals surface area (Å²) in [4.78, 5) is 1.32. The number of hydrogen-bond acceptors (Lipinski definition) is 3. The fraction of sp³-hybridized carbons (Fsp3) is 0.667. The van der Waals surface area contributed by atoms with Gasteiger partial charge in [-0.2, -0.15) is 0 Å². The lowest BCUT2D eigenvalue weighted by Crippen LogP contribution is -2.39. The van der Waals surface area contributed by atoms with Crippen LogP contribution in [0.4, 0.5) is 0 Å². The van der Waals surface area contributed by atoms with Crippen LogP contribution < -0.4 is 0 Å². The lowest BCUT2D eigenvalue weighted by Gasteiger charge is -2.30. The van der Waals surface area contributed by atoms with Crippen LogP contribution in [0.25, 0.3) is 0 Å². The molecule has 0 aliphatic heterocycles. The molecule has 0 aliphatic carbocycles. The molecule has 2 nitrogen and oxygen atoms in total. The molecule has 0 spiro atoms. The Morgan fingerprint density at radius 3 is 2.80 bits per heavy atom. The van der Waals surface area contributed by atoms with Crippen LogP contribution in [-0.2, 0) is 11.2 Å².